The highest BCUT2D eigenvalue weighted by Crippen LogP contribution is 2.31. The molecule has 0 aliphatic rings. The van der Waals surface area contributed by atoms with Crippen molar-refractivity contribution >= 4 is 49.2 Å². The van der Waals surface area contributed by atoms with Gasteiger partial charge in [-0.15, -0.1) is 0 Å². The van der Waals surface area contributed by atoms with Crippen molar-refractivity contribution in [3.8, 4) is 10.6 Å². The zero-order valence-electron chi connectivity index (χ0n) is 13.7. The lowest BCUT2D eigenvalue weighted by molar-refractivity contribution is 0.102. The van der Waals surface area contributed by atoms with E-state index >= 15 is 0 Å². The summed E-state index contributed by atoms with van der Waals surface area (Å²) in [5.74, 6) is -0.204. The third kappa shape index (κ3) is 3.36. The second-order valence-electron chi connectivity index (χ2n) is 5.72. The molecule has 26 heavy (non-hydrogen) atoms. The number of aromatic nitrogens is 3. The Morgan fingerprint density at radius 3 is 2.88 bits per heavy atom. The fourth-order valence-corrected chi connectivity index (χ4v) is 3.78. The molecule has 128 valence electrons. The van der Waals surface area contributed by atoms with Crippen molar-refractivity contribution in [2.45, 2.75) is 6.92 Å². The standard InChI is InChI=1S/C19H13BrN4OS/c1-11-4-5-12(18-24-15-3-2-6-22-19(15)26-18)8-16(11)23-17(25)13-7-14(20)10-21-9-13/h2-10H,1H3,(H,23,25). The summed E-state index contributed by atoms with van der Waals surface area (Å²) in [6, 6.07) is 11.5. The van der Waals surface area contributed by atoms with Gasteiger partial charge in [-0.25, -0.2) is 9.97 Å². The zero-order chi connectivity index (χ0) is 18.1. The van der Waals surface area contributed by atoms with Gasteiger partial charge in [0.1, 0.15) is 15.4 Å². The molecular weight excluding hydrogens is 412 g/mol. The van der Waals surface area contributed by atoms with E-state index in [-0.39, 0.29) is 5.91 Å². The first-order valence-electron chi connectivity index (χ1n) is 7.84. The number of nitrogens with one attached hydrogen (secondary N) is 1. The molecule has 4 aromatic rings. The number of pyridine rings is 2. The van der Waals surface area contributed by atoms with Gasteiger partial charge in [-0.3, -0.25) is 9.78 Å². The lowest BCUT2D eigenvalue weighted by atomic mass is 10.1. The maximum atomic E-state index is 12.5. The van der Waals surface area contributed by atoms with Crippen molar-refractivity contribution in [1.82, 2.24) is 15.0 Å². The summed E-state index contributed by atoms with van der Waals surface area (Å²) in [4.78, 5) is 26.4. The predicted molar refractivity (Wildman–Crippen MR) is 107 cm³/mol. The summed E-state index contributed by atoms with van der Waals surface area (Å²) in [6.07, 6.45) is 4.94. The Kier molecular flexibility index (Phi) is 4.48. The number of thiazole rings is 1. The average Bonchev–Trinajstić information content (AvgIpc) is 3.07. The largest absolute Gasteiger partial charge is 0.322 e. The van der Waals surface area contributed by atoms with Gasteiger partial charge < -0.3 is 5.32 Å². The number of fused-ring (bicyclic) bond motifs is 1. The molecule has 7 heteroatoms. The second kappa shape index (κ2) is 6.93. The Balaban J connectivity index is 1.67. The van der Waals surface area contributed by atoms with Gasteiger partial charge in [0, 0.05) is 34.3 Å². The van der Waals surface area contributed by atoms with Crippen LogP contribution >= 0.6 is 27.3 Å². The molecule has 0 saturated heterocycles. The van der Waals surface area contributed by atoms with E-state index in [0.717, 1.165) is 36.6 Å². The molecule has 0 fully saturated rings. The van der Waals surface area contributed by atoms with Crippen LogP contribution in [-0.2, 0) is 0 Å². The number of benzene rings is 1. The fourth-order valence-electron chi connectivity index (χ4n) is 2.51. The van der Waals surface area contributed by atoms with E-state index in [9.17, 15) is 4.79 Å². The molecule has 0 aliphatic carbocycles. The van der Waals surface area contributed by atoms with Crippen LogP contribution in [0.1, 0.15) is 15.9 Å². The Bertz CT molecular complexity index is 1090. The molecule has 0 spiro atoms. The second-order valence-corrected chi connectivity index (χ2v) is 7.62. The van der Waals surface area contributed by atoms with Crippen LogP contribution in [0.15, 0.2) is 59.5 Å². The van der Waals surface area contributed by atoms with E-state index in [1.165, 1.54) is 11.3 Å². The van der Waals surface area contributed by atoms with Gasteiger partial charge in [0.2, 0.25) is 0 Å². The van der Waals surface area contributed by atoms with Crippen LogP contribution in [0, 0.1) is 6.92 Å². The van der Waals surface area contributed by atoms with E-state index in [0.29, 0.717) is 5.56 Å². The van der Waals surface area contributed by atoms with Crippen molar-refractivity contribution < 1.29 is 4.79 Å². The molecule has 1 aromatic carbocycles. The van der Waals surface area contributed by atoms with E-state index < -0.39 is 0 Å². The molecule has 3 aromatic heterocycles. The monoisotopic (exact) mass is 424 g/mol. The van der Waals surface area contributed by atoms with E-state index in [4.69, 9.17) is 0 Å². The van der Waals surface area contributed by atoms with Crippen molar-refractivity contribution in [2.24, 2.45) is 0 Å². The molecule has 5 nitrogen and oxygen atoms in total. The maximum Gasteiger partial charge on any atom is 0.257 e. The summed E-state index contributed by atoms with van der Waals surface area (Å²) in [6.45, 7) is 1.96. The molecule has 0 unspecified atom stereocenters. The van der Waals surface area contributed by atoms with Crippen LogP contribution in [-0.4, -0.2) is 20.9 Å². The van der Waals surface area contributed by atoms with Crippen molar-refractivity contribution in [3.05, 3.63) is 70.6 Å². The number of amides is 1. The summed E-state index contributed by atoms with van der Waals surface area (Å²) in [5.41, 5.74) is 4.04. The highest BCUT2D eigenvalue weighted by atomic mass is 79.9. The molecule has 1 amide bonds. The van der Waals surface area contributed by atoms with Gasteiger partial charge in [0.05, 0.1) is 5.56 Å². The number of carbonyl (C=O) groups is 1. The summed E-state index contributed by atoms with van der Waals surface area (Å²) < 4.78 is 0.762. The number of hydrogen-bond donors (Lipinski definition) is 1. The minimum atomic E-state index is -0.204. The molecule has 0 bridgehead atoms. The Morgan fingerprint density at radius 1 is 1.19 bits per heavy atom. The minimum Gasteiger partial charge on any atom is -0.322 e. The lowest BCUT2D eigenvalue weighted by Gasteiger charge is -2.10. The van der Waals surface area contributed by atoms with Crippen molar-refractivity contribution in [2.75, 3.05) is 5.32 Å². The normalized spacial score (nSPS) is 10.8. The first-order chi connectivity index (χ1) is 12.6. The first kappa shape index (κ1) is 16.8. The van der Waals surface area contributed by atoms with Gasteiger partial charge in [0.25, 0.3) is 5.91 Å². The number of rotatable bonds is 3. The van der Waals surface area contributed by atoms with Gasteiger partial charge in [-0.2, -0.15) is 0 Å². The number of halogens is 1. The predicted octanol–water partition coefficient (Wildman–Crippen LogP) is 5.08. The van der Waals surface area contributed by atoms with Crippen LogP contribution < -0.4 is 5.32 Å². The minimum absolute atomic E-state index is 0.204. The van der Waals surface area contributed by atoms with Gasteiger partial charge in [-0.05, 0) is 52.7 Å². The summed E-state index contributed by atoms with van der Waals surface area (Å²) in [7, 11) is 0. The molecule has 1 N–H and O–H groups in total. The Morgan fingerprint density at radius 2 is 2.08 bits per heavy atom. The Labute approximate surface area is 162 Å². The SMILES string of the molecule is Cc1ccc(-c2nc3cccnc3s2)cc1NC(=O)c1cncc(Br)c1. The zero-order valence-corrected chi connectivity index (χ0v) is 16.1. The quantitative estimate of drug-likeness (QED) is 0.497. The van der Waals surface area contributed by atoms with E-state index in [1.54, 1.807) is 24.7 Å². The number of nitrogens with zero attached hydrogens (tertiary/aromatic N) is 3. The van der Waals surface area contributed by atoms with E-state index in [1.807, 2.05) is 37.3 Å². The lowest BCUT2D eigenvalue weighted by Crippen LogP contribution is -2.13. The Hall–Kier alpha value is -2.64. The van der Waals surface area contributed by atoms with Crippen LogP contribution in [0.4, 0.5) is 5.69 Å². The van der Waals surface area contributed by atoms with Crippen molar-refractivity contribution in [1.29, 1.82) is 0 Å². The van der Waals surface area contributed by atoms with Crippen LogP contribution in [0.5, 0.6) is 0 Å². The molecule has 4 rings (SSSR count). The number of hydrogen-bond acceptors (Lipinski definition) is 5. The average molecular weight is 425 g/mol. The van der Waals surface area contributed by atoms with Crippen molar-refractivity contribution in [3.63, 3.8) is 0 Å². The molecular formula is C19H13BrN4OS. The van der Waals surface area contributed by atoms with Gasteiger partial charge in [-0.1, -0.05) is 23.5 Å². The van der Waals surface area contributed by atoms with Crippen LogP contribution in [0.3, 0.4) is 0 Å². The molecule has 0 saturated carbocycles. The summed E-state index contributed by atoms with van der Waals surface area (Å²) in [5, 5.41) is 3.83. The molecule has 0 aliphatic heterocycles. The van der Waals surface area contributed by atoms with Gasteiger partial charge in [0.15, 0.2) is 0 Å². The number of aryl methyl sites for hydroxylation is 1. The molecule has 0 atom stereocenters. The summed E-state index contributed by atoms with van der Waals surface area (Å²) >= 11 is 4.86. The van der Waals surface area contributed by atoms with Crippen LogP contribution in [0.2, 0.25) is 0 Å². The fraction of sp³-hybridized carbons (Fsp3) is 0.0526. The topological polar surface area (TPSA) is 67.8 Å². The third-order valence-electron chi connectivity index (χ3n) is 3.87. The highest BCUT2D eigenvalue weighted by molar-refractivity contribution is 9.10. The molecule has 3 heterocycles. The highest BCUT2D eigenvalue weighted by Gasteiger charge is 2.12. The van der Waals surface area contributed by atoms with E-state index in [2.05, 4.69) is 36.2 Å². The number of anilines is 1. The third-order valence-corrected chi connectivity index (χ3v) is 5.33. The van der Waals surface area contributed by atoms with Gasteiger partial charge >= 0.3 is 0 Å². The molecule has 0 radical (unpaired) electrons. The van der Waals surface area contributed by atoms with Crippen LogP contribution in [0.25, 0.3) is 20.9 Å². The maximum absolute atomic E-state index is 12.5. The first-order valence-corrected chi connectivity index (χ1v) is 9.45. The smallest absolute Gasteiger partial charge is 0.257 e. The number of carbonyl (C=O) groups excluding carboxylic acids is 1.